The van der Waals surface area contributed by atoms with Crippen LogP contribution in [0.15, 0.2) is 36.7 Å². The van der Waals surface area contributed by atoms with E-state index in [0.717, 1.165) is 32.6 Å². The summed E-state index contributed by atoms with van der Waals surface area (Å²) in [6.45, 7) is 3.73. The van der Waals surface area contributed by atoms with Crippen LogP contribution in [-0.2, 0) is 6.54 Å². The van der Waals surface area contributed by atoms with Gasteiger partial charge in [-0.3, -0.25) is 14.7 Å². The Balaban J connectivity index is 1.44. The molecule has 2 aromatic heterocycles. The first-order valence-corrected chi connectivity index (χ1v) is 8.55. The van der Waals surface area contributed by atoms with Crippen molar-refractivity contribution in [1.82, 2.24) is 15.2 Å². The van der Waals surface area contributed by atoms with E-state index in [1.165, 1.54) is 16.9 Å². The van der Waals surface area contributed by atoms with Crippen molar-refractivity contribution < 1.29 is 4.79 Å². The Morgan fingerprint density at radius 2 is 2.36 bits per heavy atom. The Morgan fingerprint density at radius 3 is 3.09 bits per heavy atom. The van der Waals surface area contributed by atoms with Gasteiger partial charge in [0.15, 0.2) is 0 Å². The lowest BCUT2D eigenvalue weighted by atomic mass is 10.1. The van der Waals surface area contributed by atoms with Gasteiger partial charge in [0.2, 0.25) is 0 Å². The molecule has 1 saturated heterocycles. The number of aromatic nitrogens is 1. The minimum absolute atomic E-state index is 0.0254. The molecule has 0 unspecified atom stereocenters. The molecule has 1 N–H and O–H groups in total. The monoisotopic (exact) mass is 335 g/mol. The molecule has 3 heterocycles. The first-order chi connectivity index (χ1) is 10.7. The van der Waals surface area contributed by atoms with Crippen LogP contribution >= 0.6 is 22.9 Å². The molecular weight excluding hydrogens is 318 g/mol. The molecule has 0 aliphatic carbocycles. The number of carbonyl (C=O) groups is 1. The summed E-state index contributed by atoms with van der Waals surface area (Å²) in [5, 5.41) is 3.01. The maximum atomic E-state index is 12.0. The summed E-state index contributed by atoms with van der Waals surface area (Å²) < 4.78 is 0.647. The predicted molar refractivity (Wildman–Crippen MR) is 89.3 cm³/mol. The number of halogens is 1. The third-order valence-electron chi connectivity index (χ3n) is 3.85. The molecule has 6 heteroatoms. The zero-order valence-electron chi connectivity index (χ0n) is 12.2. The number of amides is 1. The van der Waals surface area contributed by atoms with E-state index in [0.29, 0.717) is 15.1 Å². The van der Waals surface area contributed by atoms with Crippen molar-refractivity contribution in [3.63, 3.8) is 0 Å². The molecule has 1 aliphatic heterocycles. The van der Waals surface area contributed by atoms with Gasteiger partial charge in [-0.15, -0.1) is 11.3 Å². The van der Waals surface area contributed by atoms with Gasteiger partial charge in [-0.05, 0) is 42.6 Å². The van der Waals surface area contributed by atoms with Gasteiger partial charge in [0, 0.05) is 32.0 Å². The fourth-order valence-corrected chi connectivity index (χ4v) is 3.69. The zero-order chi connectivity index (χ0) is 15.4. The second kappa shape index (κ2) is 7.22. The minimum Gasteiger partial charge on any atom is -0.351 e. The Labute approximate surface area is 139 Å². The fourth-order valence-electron chi connectivity index (χ4n) is 2.73. The summed E-state index contributed by atoms with van der Waals surface area (Å²) >= 11 is 7.17. The van der Waals surface area contributed by atoms with Crippen LogP contribution in [0.1, 0.15) is 21.7 Å². The largest absolute Gasteiger partial charge is 0.351 e. The van der Waals surface area contributed by atoms with Crippen LogP contribution in [0.2, 0.25) is 4.34 Å². The number of hydrogen-bond acceptors (Lipinski definition) is 4. The maximum Gasteiger partial charge on any atom is 0.261 e. The standard InChI is InChI=1S/C16H18ClN3OS/c17-15-4-3-14(22-15)16(21)19-9-13-5-7-20(11-13)10-12-2-1-6-18-8-12/h1-4,6,8,13H,5,7,9-11H2,(H,19,21)/t13-/m1/s1. The Morgan fingerprint density at radius 1 is 1.45 bits per heavy atom. The second-order valence-corrected chi connectivity index (χ2v) is 7.28. The molecule has 1 amide bonds. The lowest BCUT2D eigenvalue weighted by Crippen LogP contribution is -2.30. The van der Waals surface area contributed by atoms with Crippen LogP contribution in [0.3, 0.4) is 0 Å². The van der Waals surface area contributed by atoms with Crippen LogP contribution in [-0.4, -0.2) is 35.4 Å². The Hall–Kier alpha value is -1.43. The summed E-state index contributed by atoms with van der Waals surface area (Å²) in [5.74, 6) is 0.485. The van der Waals surface area contributed by atoms with Crippen LogP contribution in [0.25, 0.3) is 0 Å². The molecule has 4 nitrogen and oxygen atoms in total. The topological polar surface area (TPSA) is 45.2 Å². The molecule has 0 saturated carbocycles. The molecule has 1 atom stereocenters. The maximum absolute atomic E-state index is 12.0. The van der Waals surface area contributed by atoms with E-state index >= 15 is 0 Å². The summed E-state index contributed by atoms with van der Waals surface area (Å²) in [4.78, 5) is 19.2. The van der Waals surface area contributed by atoms with Crippen LogP contribution in [0.5, 0.6) is 0 Å². The lowest BCUT2D eigenvalue weighted by molar-refractivity contribution is 0.0951. The lowest BCUT2D eigenvalue weighted by Gasteiger charge is -2.16. The van der Waals surface area contributed by atoms with E-state index in [1.807, 2.05) is 12.3 Å². The van der Waals surface area contributed by atoms with Gasteiger partial charge in [-0.2, -0.15) is 0 Å². The zero-order valence-corrected chi connectivity index (χ0v) is 13.7. The third-order valence-corrected chi connectivity index (χ3v) is 5.08. The van der Waals surface area contributed by atoms with E-state index in [1.54, 1.807) is 18.3 Å². The molecular formula is C16H18ClN3OS. The molecule has 116 valence electrons. The molecule has 1 fully saturated rings. The summed E-state index contributed by atoms with van der Waals surface area (Å²) in [7, 11) is 0. The van der Waals surface area contributed by atoms with Crippen molar-refractivity contribution in [2.75, 3.05) is 19.6 Å². The first-order valence-electron chi connectivity index (χ1n) is 7.35. The van der Waals surface area contributed by atoms with Gasteiger partial charge in [0.05, 0.1) is 9.21 Å². The number of pyridine rings is 1. The second-order valence-electron chi connectivity index (χ2n) is 5.56. The summed E-state index contributed by atoms with van der Waals surface area (Å²) in [6, 6.07) is 7.59. The molecule has 0 aromatic carbocycles. The molecule has 3 rings (SSSR count). The van der Waals surface area contributed by atoms with Gasteiger partial charge in [0.1, 0.15) is 0 Å². The SMILES string of the molecule is O=C(NC[C@H]1CCN(Cc2cccnc2)C1)c1ccc(Cl)s1. The number of hydrogen-bond donors (Lipinski definition) is 1. The highest BCUT2D eigenvalue weighted by atomic mass is 35.5. The summed E-state index contributed by atoms with van der Waals surface area (Å²) in [5.41, 5.74) is 1.24. The third kappa shape index (κ3) is 4.06. The van der Waals surface area contributed by atoms with Gasteiger partial charge in [-0.25, -0.2) is 0 Å². The van der Waals surface area contributed by atoms with Crippen molar-refractivity contribution in [2.24, 2.45) is 5.92 Å². The molecule has 0 radical (unpaired) electrons. The van der Waals surface area contributed by atoms with Gasteiger partial charge < -0.3 is 5.32 Å². The van der Waals surface area contributed by atoms with Crippen molar-refractivity contribution in [3.05, 3.63) is 51.4 Å². The van der Waals surface area contributed by atoms with Crippen molar-refractivity contribution in [1.29, 1.82) is 0 Å². The number of likely N-dealkylation sites (tertiary alicyclic amines) is 1. The number of carbonyl (C=O) groups excluding carboxylic acids is 1. The van der Waals surface area contributed by atoms with E-state index < -0.39 is 0 Å². The number of nitrogens with one attached hydrogen (secondary N) is 1. The summed E-state index contributed by atoms with van der Waals surface area (Å²) in [6.07, 6.45) is 4.82. The van der Waals surface area contributed by atoms with E-state index in [9.17, 15) is 4.79 Å². The van der Waals surface area contributed by atoms with Crippen LogP contribution < -0.4 is 5.32 Å². The van der Waals surface area contributed by atoms with Gasteiger partial charge in [-0.1, -0.05) is 17.7 Å². The average molecular weight is 336 g/mol. The highest BCUT2D eigenvalue weighted by Crippen LogP contribution is 2.22. The van der Waals surface area contributed by atoms with E-state index in [-0.39, 0.29) is 5.91 Å². The minimum atomic E-state index is -0.0254. The van der Waals surface area contributed by atoms with Crippen LogP contribution in [0.4, 0.5) is 0 Å². The number of thiophene rings is 1. The van der Waals surface area contributed by atoms with E-state index in [2.05, 4.69) is 21.3 Å². The fraction of sp³-hybridized carbons (Fsp3) is 0.375. The normalized spacial score (nSPS) is 18.5. The molecule has 0 spiro atoms. The highest BCUT2D eigenvalue weighted by molar-refractivity contribution is 7.17. The number of rotatable bonds is 5. The van der Waals surface area contributed by atoms with Crippen molar-refractivity contribution >= 4 is 28.8 Å². The Kier molecular flexibility index (Phi) is 5.08. The van der Waals surface area contributed by atoms with Crippen LogP contribution in [0, 0.1) is 5.92 Å². The van der Waals surface area contributed by atoms with Crippen molar-refractivity contribution in [2.45, 2.75) is 13.0 Å². The molecule has 0 bridgehead atoms. The first kappa shape index (κ1) is 15.5. The van der Waals surface area contributed by atoms with Crippen molar-refractivity contribution in [3.8, 4) is 0 Å². The smallest absolute Gasteiger partial charge is 0.261 e. The predicted octanol–water partition coefficient (Wildman–Crippen LogP) is 3.05. The van der Waals surface area contributed by atoms with E-state index in [4.69, 9.17) is 11.6 Å². The van der Waals surface area contributed by atoms with Gasteiger partial charge >= 0.3 is 0 Å². The number of nitrogens with zero attached hydrogens (tertiary/aromatic N) is 2. The Bertz CT molecular complexity index is 631. The molecule has 2 aromatic rings. The molecule has 22 heavy (non-hydrogen) atoms. The highest BCUT2D eigenvalue weighted by Gasteiger charge is 2.23. The van der Waals surface area contributed by atoms with Gasteiger partial charge in [0.25, 0.3) is 5.91 Å². The molecule has 1 aliphatic rings. The average Bonchev–Trinajstić information content (AvgIpc) is 3.15. The quantitative estimate of drug-likeness (QED) is 0.913.